The molecule has 0 aromatic heterocycles. The van der Waals surface area contributed by atoms with Crippen LogP contribution in [0.25, 0.3) is 0 Å². The summed E-state index contributed by atoms with van der Waals surface area (Å²) in [6, 6.07) is 7.47. The highest BCUT2D eigenvalue weighted by atomic mass is 32.2. The van der Waals surface area contributed by atoms with Gasteiger partial charge in [0.2, 0.25) is 0 Å². The fourth-order valence-electron chi connectivity index (χ4n) is 2.65. The molecule has 0 N–H and O–H groups in total. The van der Waals surface area contributed by atoms with Crippen LogP contribution in [0.15, 0.2) is 35.2 Å². The van der Waals surface area contributed by atoms with Gasteiger partial charge in [-0.1, -0.05) is 0 Å². The predicted octanol–water partition coefficient (Wildman–Crippen LogP) is 2.66. The average Bonchev–Trinajstić information content (AvgIpc) is 2.81. The number of nitrogens with zero attached hydrogens (tertiary/aromatic N) is 1. The van der Waals surface area contributed by atoms with Gasteiger partial charge < -0.3 is 4.74 Å². The first-order chi connectivity index (χ1) is 11.7. The quantitative estimate of drug-likeness (QED) is 0.781. The third-order valence-electron chi connectivity index (χ3n) is 3.64. The molecule has 0 saturated carbocycles. The second-order valence-corrected chi connectivity index (χ2v) is 7.48. The summed E-state index contributed by atoms with van der Waals surface area (Å²) in [7, 11) is -3.72. The van der Waals surface area contributed by atoms with Crippen LogP contribution in [0.3, 0.4) is 0 Å². The Kier molecular flexibility index (Phi) is 3.89. The standard InChI is InChI=1S/C17H10FNO5S/c1-25(22,23)15-3-2-14(16-12(20)7-13(21)17(15)16)24-11-5-9(8-19)4-10(18)6-11/h2-6H,7H2,1H3. The maximum atomic E-state index is 13.5. The maximum absolute atomic E-state index is 13.5. The molecule has 2 aromatic carbocycles. The lowest BCUT2D eigenvalue weighted by atomic mass is 10.1. The number of hydrogen-bond acceptors (Lipinski definition) is 6. The smallest absolute Gasteiger partial charge is 0.176 e. The van der Waals surface area contributed by atoms with E-state index in [0.717, 1.165) is 18.4 Å². The van der Waals surface area contributed by atoms with Crippen LogP contribution in [0.5, 0.6) is 11.5 Å². The molecule has 6 nitrogen and oxygen atoms in total. The number of benzene rings is 2. The zero-order valence-electron chi connectivity index (χ0n) is 12.9. The Balaban J connectivity index is 2.17. The van der Waals surface area contributed by atoms with Crippen LogP contribution in [-0.4, -0.2) is 26.2 Å². The number of sulfone groups is 1. The number of carbonyl (C=O) groups excluding carboxylic acids is 2. The minimum absolute atomic E-state index is 0.0156. The van der Waals surface area contributed by atoms with Gasteiger partial charge in [0.15, 0.2) is 21.4 Å². The summed E-state index contributed by atoms with van der Waals surface area (Å²) in [6.07, 6.45) is 0.482. The topological polar surface area (TPSA) is 101 Å². The lowest BCUT2D eigenvalue weighted by molar-refractivity contribution is 0.0921. The SMILES string of the molecule is CS(=O)(=O)c1ccc(Oc2cc(F)cc(C#N)c2)c2c1C(=O)CC2=O. The Morgan fingerprint density at radius 3 is 2.44 bits per heavy atom. The lowest BCUT2D eigenvalue weighted by Crippen LogP contribution is -2.06. The van der Waals surface area contributed by atoms with E-state index < -0.39 is 33.6 Å². The van der Waals surface area contributed by atoms with Crippen molar-refractivity contribution in [3.05, 3.63) is 52.8 Å². The average molecular weight is 359 g/mol. The molecule has 0 saturated heterocycles. The molecule has 0 bridgehead atoms. The van der Waals surface area contributed by atoms with Crippen LogP contribution in [0.4, 0.5) is 4.39 Å². The van der Waals surface area contributed by atoms with Crippen molar-refractivity contribution in [3.63, 3.8) is 0 Å². The van der Waals surface area contributed by atoms with Crippen molar-refractivity contribution in [2.45, 2.75) is 11.3 Å². The molecule has 0 aliphatic heterocycles. The van der Waals surface area contributed by atoms with E-state index in [-0.39, 0.29) is 33.1 Å². The normalized spacial score (nSPS) is 13.5. The first kappa shape index (κ1) is 16.8. The van der Waals surface area contributed by atoms with Gasteiger partial charge in [0.25, 0.3) is 0 Å². The molecule has 0 unspecified atom stereocenters. The van der Waals surface area contributed by atoms with Crippen LogP contribution >= 0.6 is 0 Å². The molecule has 8 heteroatoms. The third-order valence-corrected chi connectivity index (χ3v) is 4.77. The minimum atomic E-state index is -3.72. The predicted molar refractivity (Wildman–Crippen MR) is 84.0 cm³/mol. The number of rotatable bonds is 3. The second kappa shape index (κ2) is 5.79. The zero-order valence-corrected chi connectivity index (χ0v) is 13.7. The van der Waals surface area contributed by atoms with Crippen LogP contribution in [0, 0.1) is 17.1 Å². The molecule has 1 aliphatic rings. The highest BCUT2D eigenvalue weighted by molar-refractivity contribution is 7.90. The summed E-state index contributed by atoms with van der Waals surface area (Å²) < 4.78 is 42.7. The Hall–Kier alpha value is -3.05. The summed E-state index contributed by atoms with van der Waals surface area (Å²) in [5.41, 5.74) is -0.334. The van der Waals surface area contributed by atoms with Crippen molar-refractivity contribution in [3.8, 4) is 17.6 Å². The Labute approximate surface area is 142 Å². The van der Waals surface area contributed by atoms with E-state index in [2.05, 4.69) is 0 Å². The highest BCUT2D eigenvalue weighted by Crippen LogP contribution is 2.37. The first-order valence-corrected chi connectivity index (χ1v) is 8.92. The van der Waals surface area contributed by atoms with E-state index in [1.165, 1.54) is 18.2 Å². The van der Waals surface area contributed by atoms with Gasteiger partial charge in [-0.15, -0.1) is 0 Å². The Bertz CT molecular complexity index is 1080. The molecule has 0 radical (unpaired) electrons. The number of carbonyl (C=O) groups is 2. The van der Waals surface area contributed by atoms with Gasteiger partial charge in [-0.05, 0) is 24.3 Å². The molecule has 0 atom stereocenters. The molecule has 0 amide bonds. The van der Waals surface area contributed by atoms with Crippen LogP contribution < -0.4 is 4.74 Å². The van der Waals surface area contributed by atoms with Gasteiger partial charge in [-0.25, -0.2) is 12.8 Å². The monoisotopic (exact) mass is 359 g/mol. The molecule has 0 fully saturated rings. The van der Waals surface area contributed by atoms with E-state index >= 15 is 0 Å². The van der Waals surface area contributed by atoms with Gasteiger partial charge in [0, 0.05) is 12.3 Å². The summed E-state index contributed by atoms with van der Waals surface area (Å²) in [5.74, 6) is -1.99. The van der Waals surface area contributed by atoms with Crippen LogP contribution in [0.1, 0.15) is 32.7 Å². The maximum Gasteiger partial charge on any atom is 0.176 e. The second-order valence-electron chi connectivity index (χ2n) is 5.50. The van der Waals surface area contributed by atoms with Crippen molar-refractivity contribution in [2.75, 3.05) is 6.26 Å². The number of ketones is 2. The molecular formula is C17H10FNO5S. The summed E-state index contributed by atoms with van der Waals surface area (Å²) in [4.78, 5) is 23.9. The van der Waals surface area contributed by atoms with Crippen LogP contribution in [0.2, 0.25) is 0 Å². The van der Waals surface area contributed by atoms with Gasteiger partial charge in [0.1, 0.15) is 17.3 Å². The van der Waals surface area contributed by atoms with E-state index in [1.54, 1.807) is 6.07 Å². The van der Waals surface area contributed by atoms with Crippen molar-refractivity contribution >= 4 is 21.4 Å². The number of hydrogen-bond donors (Lipinski definition) is 0. The van der Waals surface area contributed by atoms with E-state index in [9.17, 15) is 22.4 Å². The van der Waals surface area contributed by atoms with E-state index in [0.29, 0.717) is 0 Å². The highest BCUT2D eigenvalue weighted by Gasteiger charge is 2.36. The van der Waals surface area contributed by atoms with Gasteiger partial charge in [-0.3, -0.25) is 9.59 Å². The molecular weight excluding hydrogens is 349 g/mol. The number of ether oxygens (including phenoxy) is 1. The van der Waals surface area contributed by atoms with Gasteiger partial charge in [0.05, 0.1) is 34.1 Å². The largest absolute Gasteiger partial charge is 0.456 e. The molecule has 1 aliphatic carbocycles. The van der Waals surface area contributed by atoms with Gasteiger partial charge in [-0.2, -0.15) is 5.26 Å². The molecule has 126 valence electrons. The molecule has 0 heterocycles. The molecule has 0 spiro atoms. The molecule has 25 heavy (non-hydrogen) atoms. The first-order valence-electron chi connectivity index (χ1n) is 7.02. The molecule has 2 aromatic rings. The lowest BCUT2D eigenvalue weighted by Gasteiger charge is -2.12. The number of fused-ring (bicyclic) bond motifs is 1. The van der Waals surface area contributed by atoms with Crippen molar-refractivity contribution in [2.24, 2.45) is 0 Å². The number of Topliss-reactive ketones (excluding diaryl/α,β-unsaturated/α-hetero) is 2. The van der Waals surface area contributed by atoms with E-state index in [4.69, 9.17) is 10.00 Å². The third kappa shape index (κ3) is 3.02. The van der Waals surface area contributed by atoms with Crippen LogP contribution in [-0.2, 0) is 9.84 Å². The Morgan fingerprint density at radius 2 is 1.80 bits per heavy atom. The fraction of sp³-hybridized carbons (Fsp3) is 0.118. The summed E-state index contributed by atoms with van der Waals surface area (Å²) in [6.45, 7) is 0. The number of nitriles is 1. The number of halogens is 1. The molecule has 3 rings (SSSR count). The minimum Gasteiger partial charge on any atom is -0.456 e. The van der Waals surface area contributed by atoms with Gasteiger partial charge >= 0.3 is 0 Å². The summed E-state index contributed by atoms with van der Waals surface area (Å²) >= 11 is 0. The van der Waals surface area contributed by atoms with E-state index in [1.807, 2.05) is 0 Å². The van der Waals surface area contributed by atoms with Crippen molar-refractivity contribution < 1.29 is 27.1 Å². The zero-order chi connectivity index (χ0) is 18.4. The van der Waals surface area contributed by atoms with Crippen molar-refractivity contribution in [1.82, 2.24) is 0 Å². The Morgan fingerprint density at radius 1 is 1.12 bits per heavy atom. The summed E-state index contributed by atoms with van der Waals surface area (Å²) in [5, 5.41) is 8.87. The fourth-order valence-corrected chi connectivity index (χ4v) is 3.55. The van der Waals surface area contributed by atoms with Crippen molar-refractivity contribution in [1.29, 1.82) is 5.26 Å².